The fourth-order valence-electron chi connectivity index (χ4n) is 2.23. The second kappa shape index (κ2) is 9.00. The number of rotatable bonds is 6. The van der Waals surface area contributed by atoms with Gasteiger partial charge in [0.25, 0.3) is 15.9 Å². The van der Waals surface area contributed by atoms with E-state index in [-0.39, 0.29) is 16.3 Å². The zero-order valence-corrected chi connectivity index (χ0v) is 17.3. The minimum Gasteiger partial charge on any atom is -0.368 e. The Labute approximate surface area is 175 Å². The normalized spacial score (nSPS) is 12.2. The van der Waals surface area contributed by atoms with E-state index in [0.29, 0.717) is 0 Å². The number of sulfonamides is 1. The van der Waals surface area contributed by atoms with Gasteiger partial charge in [0.1, 0.15) is 11.2 Å². The molecular formula is C17H17ClF3N5O3S. The van der Waals surface area contributed by atoms with E-state index in [1.54, 1.807) is 14.1 Å². The maximum Gasteiger partial charge on any atom is 0.416 e. The number of alkyl halides is 3. The van der Waals surface area contributed by atoms with Crippen LogP contribution in [0.5, 0.6) is 0 Å². The van der Waals surface area contributed by atoms with Gasteiger partial charge in [0, 0.05) is 19.7 Å². The molecule has 8 nitrogen and oxygen atoms in total. The molecule has 0 saturated carbocycles. The third kappa shape index (κ3) is 5.48. The van der Waals surface area contributed by atoms with Gasteiger partial charge in [0.15, 0.2) is 0 Å². The fourth-order valence-corrected chi connectivity index (χ4v) is 3.65. The lowest BCUT2D eigenvalue weighted by atomic mass is 10.1. The van der Waals surface area contributed by atoms with Crippen LogP contribution in [0.3, 0.4) is 0 Å². The van der Waals surface area contributed by atoms with Gasteiger partial charge in [-0.05, 0) is 42.5 Å². The van der Waals surface area contributed by atoms with Crippen molar-refractivity contribution in [1.29, 1.82) is 0 Å². The predicted molar refractivity (Wildman–Crippen MR) is 106 cm³/mol. The number of carbonyl (C=O) groups excluding carboxylic acids is 1. The Hall–Kier alpha value is -2.67. The first-order valence-electron chi connectivity index (χ1n) is 8.11. The van der Waals surface area contributed by atoms with Gasteiger partial charge in [-0.1, -0.05) is 11.6 Å². The molecule has 0 aromatic heterocycles. The molecule has 30 heavy (non-hydrogen) atoms. The second-order valence-corrected chi connectivity index (χ2v) is 8.13. The maximum absolute atomic E-state index is 12.8. The van der Waals surface area contributed by atoms with Crippen molar-refractivity contribution in [1.82, 2.24) is 10.4 Å². The SMILES string of the molecule is CN(C)C=NS(=O)(=O)c1cc(C(=O)N(NN)c2ccc(C(F)(F)F)cc2)ccc1Cl. The topological polar surface area (TPSA) is 108 Å². The fraction of sp³-hybridized carbons (Fsp3) is 0.176. The number of nitrogens with two attached hydrogens (primary N) is 1. The van der Waals surface area contributed by atoms with Crippen molar-refractivity contribution in [2.75, 3.05) is 19.1 Å². The standard InChI is InChI=1S/C17H17ClF3N5O3S/c1-25(2)10-23-30(28,29)15-9-11(3-8-14(15)18)16(27)26(24-22)13-6-4-12(5-7-13)17(19,20)21/h3-10,24H,22H2,1-2H3. The minimum absolute atomic E-state index is 0.000450. The summed E-state index contributed by atoms with van der Waals surface area (Å²) in [5, 5.41) is 0.590. The van der Waals surface area contributed by atoms with E-state index in [1.165, 1.54) is 17.0 Å². The van der Waals surface area contributed by atoms with Crippen molar-refractivity contribution in [2.45, 2.75) is 11.1 Å². The van der Waals surface area contributed by atoms with Crippen molar-refractivity contribution >= 4 is 39.6 Å². The third-order valence-electron chi connectivity index (χ3n) is 3.66. The van der Waals surface area contributed by atoms with E-state index >= 15 is 0 Å². The molecule has 0 bridgehead atoms. The number of amides is 1. The highest BCUT2D eigenvalue weighted by Crippen LogP contribution is 2.31. The molecule has 0 aliphatic heterocycles. The van der Waals surface area contributed by atoms with Gasteiger partial charge in [0.05, 0.1) is 16.3 Å². The van der Waals surface area contributed by atoms with Gasteiger partial charge in [-0.15, -0.1) is 4.40 Å². The Balaban J connectivity index is 2.42. The zero-order chi connectivity index (χ0) is 22.7. The van der Waals surface area contributed by atoms with Gasteiger partial charge in [-0.3, -0.25) is 10.6 Å². The summed E-state index contributed by atoms with van der Waals surface area (Å²) in [6.07, 6.45) is -3.49. The monoisotopic (exact) mass is 463 g/mol. The first kappa shape index (κ1) is 23.6. The molecular weight excluding hydrogens is 447 g/mol. The number of anilines is 1. The first-order chi connectivity index (χ1) is 13.9. The van der Waals surface area contributed by atoms with Gasteiger partial charge in [-0.25, -0.2) is 5.01 Å². The molecule has 0 spiro atoms. The molecule has 0 atom stereocenters. The summed E-state index contributed by atoms with van der Waals surface area (Å²) >= 11 is 5.95. The lowest BCUT2D eigenvalue weighted by molar-refractivity contribution is -0.137. The van der Waals surface area contributed by atoms with Crippen molar-refractivity contribution in [2.24, 2.45) is 10.2 Å². The molecule has 3 N–H and O–H groups in total. The van der Waals surface area contributed by atoms with Gasteiger partial charge < -0.3 is 4.90 Å². The number of hydrogen-bond acceptors (Lipinski definition) is 5. The van der Waals surface area contributed by atoms with Crippen LogP contribution in [0.4, 0.5) is 18.9 Å². The van der Waals surface area contributed by atoms with Gasteiger partial charge >= 0.3 is 6.18 Å². The minimum atomic E-state index is -4.55. The van der Waals surface area contributed by atoms with Crippen LogP contribution in [-0.4, -0.2) is 39.7 Å². The molecule has 0 unspecified atom stereocenters. The molecule has 0 aliphatic carbocycles. The average molecular weight is 464 g/mol. The highest BCUT2D eigenvalue weighted by atomic mass is 35.5. The van der Waals surface area contributed by atoms with Crippen molar-refractivity contribution < 1.29 is 26.4 Å². The third-order valence-corrected chi connectivity index (χ3v) is 5.36. The number of nitrogens with one attached hydrogen (secondary N) is 1. The number of benzene rings is 2. The van der Waals surface area contributed by atoms with Crippen LogP contribution in [0, 0.1) is 0 Å². The van der Waals surface area contributed by atoms with Crippen LogP contribution < -0.4 is 16.4 Å². The molecule has 0 fully saturated rings. The van der Waals surface area contributed by atoms with Crippen molar-refractivity contribution in [3.8, 4) is 0 Å². The predicted octanol–water partition coefficient (Wildman–Crippen LogP) is 2.66. The Bertz CT molecular complexity index is 1060. The van der Waals surface area contributed by atoms with Crippen molar-refractivity contribution in [3.63, 3.8) is 0 Å². The highest BCUT2D eigenvalue weighted by molar-refractivity contribution is 7.90. The van der Waals surface area contributed by atoms with E-state index in [2.05, 4.69) is 9.93 Å². The molecule has 0 heterocycles. The summed E-state index contributed by atoms with van der Waals surface area (Å²) < 4.78 is 66.4. The number of halogens is 4. The number of nitrogens with zero attached hydrogens (tertiary/aromatic N) is 3. The van der Waals surface area contributed by atoms with Crippen LogP contribution >= 0.6 is 11.6 Å². The first-order valence-corrected chi connectivity index (χ1v) is 9.93. The maximum atomic E-state index is 12.8. The van der Waals surface area contributed by atoms with Gasteiger partial charge in [-0.2, -0.15) is 27.1 Å². The van der Waals surface area contributed by atoms with E-state index in [4.69, 9.17) is 17.4 Å². The van der Waals surface area contributed by atoms with E-state index in [1.807, 2.05) is 0 Å². The smallest absolute Gasteiger partial charge is 0.368 e. The average Bonchev–Trinajstić information content (AvgIpc) is 2.67. The summed E-state index contributed by atoms with van der Waals surface area (Å²) in [5.74, 6) is 4.53. The summed E-state index contributed by atoms with van der Waals surface area (Å²) in [4.78, 5) is 13.8. The Morgan fingerprint density at radius 3 is 2.27 bits per heavy atom. The number of carbonyl (C=O) groups is 1. The molecule has 0 aliphatic rings. The van der Waals surface area contributed by atoms with Crippen molar-refractivity contribution in [3.05, 3.63) is 58.6 Å². The van der Waals surface area contributed by atoms with Gasteiger partial charge in [0.2, 0.25) is 0 Å². The zero-order valence-electron chi connectivity index (χ0n) is 15.7. The van der Waals surface area contributed by atoms with Crippen LogP contribution in [0.15, 0.2) is 51.8 Å². The molecule has 0 radical (unpaired) electrons. The number of hydrogen-bond donors (Lipinski definition) is 2. The molecule has 2 aromatic carbocycles. The lowest BCUT2D eigenvalue weighted by Gasteiger charge is -2.21. The molecule has 2 aromatic rings. The van der Waals surface area contributed by atoms with Crippen LogP contribution in [0.1, 0.15) is 15.9 Å². The summed E-state index contributed by atoms with van der Waals surface area (Å²) in [6.45, 7) is 0. The molecule has 0 saturated heterocycles. The summed E-state index contributed by atoms with van der Waals surface area (Å²) in [5.41, 5.74) is 1.02. The lowest BCUT2D eigenvalue weighted by Crippen LogP contribution is -2.47. The highest BCUT2D eigenvalue weighted by Gasteiger charge is 2.30. The van der Waals surface area contributed by atoms with Crippen LogP contribution in [0.2, 0.25) is 5.02 Å². The number of hydrazine groups is 2. The Morgan fingerprint density at radius 2 is 1.77 bits per heavy atom. The second-order valence-electron chi connectivity index (χ2n) is 6.12. The van der Waals surface area contributed by atoms with E-state index < -0.39 is 32.6 Å². The van der Waals surface area contributed by atoms with E-state index in [9.17, 15) is 26.4 Å². The molecule has 13 heteroatoms. The van der Waals surface area contributed by atoms with Crippen LogP contribution in [-0.2, 0) is 16.2 Å². The Kier molecular flexibility index (Phi) is 7.08. The Morgan fingerprint density at radius 1 is 1.17 bits per heavy atom. The quantitative estimate of drug-likeness (QED) is 0.295. The van der Waals surface area contributed by atoms with E-state index in [0.717, 1.165) is 41.7 Å². The summed E-state index contributed by atoms with van der Waals surface area (Å²) in [6, 6.07) is 7.07. The van der Waals surface area contributed by atoms with Crippen LogP contribution in [0.25, 0.3) is 0 Å². The molecule has 162 valence electrons. The summed E-state index contributed by atoms with van der Waals surface area (Å²) in [7, 11) is -1.08. The molecule has 1 amide bonds. The largest absolute Gasteiger partial charge is 0.416 e. The molecule has 2 rings (SSSR count).